The third-order valence-corrected chi connectivity index (χ3v) is 7.13. The zero-order valence-electron chi connectivity index (χ0n) is 20.3. The van der Waals surface area contributed by atoms with Crippen LogP contribution in [0, 0.1) is 17.5 Å². The molecule has 1 fully saturated rings. The topological polar surface area (TPSA) is 115 Å². The number of nitrogens with zero attached hydrogens (tertiary/aromatic N) is 4. The van der Waals surface area contributed by atoms with Gasteiger partial charge in [0.25, 0.3) is 11.5 Å². The lowest BCUT2D eigenvalue weighted by atomic mass is 9.90. The van der Waals surface area contributed by atoms with E-state index in [0.29, 0.717) is 31.2 Å². The molecule has 0 atom stereocenters. The number of aromatic amines is 1. The third-order valence-electron chi connectivity index (χ3n) is 7.13. The van der Waals surface area contributed by atoms with Crippen molar-refractivity contribution in [3.05, 3.63) is 98.8 Å². The lowest BCUT2D eigenvalue weighted by molar-refractivity contribution is 0.0922. The molecule has 0 unspecified atom stereocenters. The highest BCUT2D eigenvalue weighted by molar-refractivity contribution is 5.97. The number of pyridine rings is 1. The van der Waals surface area contributed by atoms with Crippen LogP contribution >= 0.6 is 0 Å². The van der Waals surface area contributed by atoms with Crippen LogP contribution in [0.2, 0.25) is 0 Å². The maximum atomic E-state index is 14.1. The second-order valence-electron chi connectivity index (χ2n) is 9.53. The molecule has 3 heterocycles. The van der Waals surface area contributed by atoms with E-state index in [0.717, 1.165) is 44.6 Å². The van der Waals surface area contributed by atoms with Crippen LogP contribution in [0.4, 0.5) is 13.2 Å². The Balaban J connectivity index is 1.30. The summed E-state index contributed by atoms with van der Waals surface area (Å²) in [4.78, 5) is 50.8. The minimum absolute atomic E-state index is 0.0491. The molecular weight excluding hydrogens is 513 g/mol. The molecule has 1 aliphatic carbocycles. The van der Waals surface area contributed by atoms with Gasteiger partial charge >= 0.3 is 5.69 Å². The minimum Gasteiger partial charge on any atom is -0.349 e. The van der Waals surface area contributed by atoms with E-state index in [9.17, 15) is 27.6 Å². The average molecular weight is 534 g/mol. The minimum atomic E-state index is -1.18. The Morgan fingerprint density at radius 3 is 2.51 bits per heavy atom. The van der Waals surface area contributed by atoms with Crippen molar-refractivity contribution in [3.8, 4) is 5.69 Å². The SMILES string of the molecule is O=C(NC1CCC(n2c(=O)c3cc(F)cnc3n(-c3ccc(F)c(F)c3)c2=O)CC1)c1ccc2nc[nH]c2c1. The first-order chi connectivity index (χ1) is 18.8. The summed E-state index contributed by atoms with van der Waals surface area (Å²) in [5, 5.41) is 2.84. The van der Waals surface area contributed by atoms with E-state index in [-0.39, 0.29) is 28.7 Å². The van der Waals surface area contributed by atoms with Gasteiger partial charge in [-0.05, 0) is 62.1 Å². The first-order valence-corrected chi connectivity index (χ1v) is 12.3. The first kappa shape index (κ1) is 24.6. The standard InChI is InChI=1S/C27H21F3N6O3/c28-15-10-19-24(31-12-15)35(18-6-7-20(29)21(30)11-18)27(39)36(26(19)38)17-4-2-16(3-5-17)34-25(37)14-1-8-22-23(9-14)33-13-32-22/h1,6-13,16-17H,2-5H2,(H,32,33)(H,34,37). The fourth-order valence-electron chi connectivity index (χ4n) is 5.19. The number of benzene rings is 2. The van der Waals surface area contributed by atoms with Crippen molar-refractivity contribution in [2.45, 2.75) is 37.8 Å². The predicted octanol–water partition coefficient (Wildman–Crippen LogP) is 3.75. The Morgan fingerprint density at radius 2 is 1.74 bits per heavy atom. The molecule has 5 aromatic rings. The molecule has 6 rings (SSSR count). The monoisotopic (exact) mass is 534 g/mol. The van der Waals surface area contributed by atoms with Crippen LogP contribution in [-0.4, -0.2) is 36.0 Å². The van der Waals surface area contributed by atoms with Crippen LogP contribution in [0.1, 0.15) is 42.1 Å². The van der Waals surface area contributed by atoms with Crippen molar-refractivity contribution >= 4 is 28.0 Å². The van der Waals surface area contributed by atoms with Crippen LogP contribution in [0.15, 0.2) is 64.6 Å². The highest BCUT2D eigenvalue weighted by atomic mass is 19.2. The first-order valence-electron chi connectivity index (χ1n) is 12.3. The Morgan fingerprint density at radius 1 is 0.949 bits per heavy atom. The Bertz CT molecular complexity index is 1870. The number of carbonyl (C=O) groups excluding carboxylic acids is 1. The summed E-state index contributed by atoms with van der Waals surface area (Å²) < 4.78 is 43.7. The molecule has 1 saturated carbocycles. The van der Waals surface area contributed by atoms with Gasteiger partial charge in [0.1, 0.15) is 5.82 Å². The van der Waals surface area contributed by atoms with Crippen molar-refractivity contribution in [2.24, 2.45) is 0 Å². The Hall–Kier alpha value is -4.74. The number of hydrogen-bond donors (Lipinski definition) is 2. The van der Waals surface area contributed by atoms with E-state index in [1.54, 1.807) is 24.5 Å². The van der Waals surface area contributed by atoms with Gasteiger partial charge in [0.2, 0.25) is 0 Å². The van der Waals surface area contributed by atoms with Crippen LogP contribution in [0.5, 0.6) is 0 Å². The normalized spacial score (nSPS) is 17.5. The average Bonchev–Trinajstić information content (AvgIpc) is 3.40. The molecule has 1 amide bonds. The van der Waals surface area contributed by atoms with Crippen molar-refractivity contribution < 1.29 is 18.0 Å². The number of H-pyrrole nitrogens is 1. The molecule has 2 aromatic carbocycles. The lowest BCUT2D eigenvalue weighted by Crippen LogP contribution is -2.45. The number of nitrogens with one attached hydrogen (secondary N) is 2. The summed E-state index contributed by atoms with van der Waals surface area (Å²) in [7, 11) is 0. The molecule has 9 nitrogen and oxygen atoms in total. The largest absolute Gasteiger partial charge is 0.349 e. The summed E-state index contributed by atoms with van der Waals surface area (Å²) in [6.07, 6.45) is 4.13. The molecule has 198 valence electrons. The van der Waals surface area contributed by atoms with Crippen molar-refractivity contribution in [3.63, 3.8) is 0 Å². The molecular formula is C27H21F3N6O3. The summed E-state index contributed by atoms with van der Waals surface area (Å²) in [6, 6.07) is 8.26. The number of carbonyl (C=O) groups is 1. The summed E-state index contributed by atoms with van der Waals surface area (Å²) in [6.45, 7) is 0. The molecule has 0 radical (unpaired) electrons. The quantitative estimate of drug-likeness (QED) is 0.365. The highest BCUT2D eigenvalue weighted by Gasteiger charge is 2.28. The van der Waals surface area contributed by atoms with Gasteiger partial charge in [0, 0.05) is 23.7 Å². The van der Waals surface area contributed by atoms with E-state index in [4.69, 9.17) is 0 Å². The van der Waals surface area contributed by atoms with Crippen LogP contribution in [0.3, 0.4) is 0 Å². The molecule has 0 aliphatic heterocycles. The number of aromatic nitrogens is 5. The van der Waals surface area contributed by atoms with Crippen LogP contribution < -0.4 is 16.6 Å². The van der Waals surface area contributed by atoms with E-state index in [1.807, 2.05) is 0 Å². The number of fused-ring (bicyclic) bond motifs is 2. The van der Waals surface area contributed by atoms with E-state index in [2.05, 4.69) is 20.3 Å². The molecule has 2 N–H and O–H groups in total. The number of amides is 1. The summed E-state index contributed by atoms with van der Waals surface area (Å²) in [5.41, 5.74) is 0.237. The Labute approximate surface area is 217 Å². The van der Waals surface area contributed by atoms with Gasteiger partial charge in [-0.15, -0.1) is 0 Å². The predicted molar refractivity (Wildman–Crippen MR) is 136 cm³/mol. The van der Waals surface area contributed by atoms with Gasteiger partial charge in [0.05, 0.1) is 34.6 Å². The second-order valence-corrected chi connectivity index (χ2v) is 9.53. The zero-order valence-corrected chi connectivity index (χ0v) is 20.3. The van der Waals surface area contributed by atoms with Crippen molar-refractivity contribution in [1.82, 2.24) is 29.4 Å². The van der Waals surface area contributed by atoms with Gasteiger partial charge in [-0.3, -0.25) is 14.2 Å². The molecule has 3 aromatic heterocycles. The lowest BCUT2D eigenvalue weighted by Gasteiger charge is -2.30. The third kappa shape index (κ3) is 4.37. The molecule has 0 bridgehead atoms. The number of rotatable bonds is 4. The zero-order chi connectivity index (χ0) is 27.3. The van der Waals surface area contributed by atoms with E-state index < -0.39 is 34.7 Å². The fourth-order valence-corrected chi connectivity index (χ4v) is 5.19. The van der Waals surface area contributed by atoms with Crippen LogP contribution in [-0.2, 0) is 0 Å². The maximum absolute atomic E-state index is 14.1. The molecule has 0 saturated heterocycles. The molecule has 12 heteroatoms. The maximum Gasteiger partial charge on any atom is 0.337 e. The van der Waals surface area contributed by atoms with Gasteiger partial charge in [-0.2, -0.15) is 0 Å². The highest BCUT2D eigenvalue weighted by Crippen LogP contribution is 2.28. The summed E-state index contributed by atoms with van der Waals surface area (Å²) in [5.74, 6) is -3.31. The van der Waals surface area contributed by atoms with E-state index >= 15 is 0 Å². The van der Waals surface area contributed by atoms with Gasteiger partial charge < -0.3 is 10.3 Å². The van der Waals surface area contributed by atoms with Crippen LogP contribution in [0.25, 0.3) is 27.8 Å². The Kier molecular flexibility index (Phi) is 6.01. The van der Waals surface area contributed by atoms with Gasteiger partial charge in [-0.25, -0.2) is 32.5 Å². The molecule has 0 spiro atoms. The van der Waals surface area contributed by atoms with Gasteiger partial charge in [-0.1, -0.05) is 0 Å². The molecule has 39 heavy (non-hydrogen) atoms. The van der Waals surface area contributed by atoms with Gasteiger partial charge in [0.15, 0.2) is 17.3 Å². The smallest absolute Gasteiger partial charge is 0.337 e. The van der Waals surface area contributed by atoms with Crippen molar-refractivity contribution in [2.75, 3.05) is 0 Å². The van der Waals surface area contributed by atoms with E-state index in [1.165, 1.54) is 6.07 Å². The number of halogens is 3. The molecule has 1 aliphatic rings. The number of hydrogen-bond acceptors (Lipinski definition) is 5. The number of imidazole rings is 1. The van der Waals surface area contributed by atoms with Crippen molar-refractivity contribution in [1.29, 1.82) is 0 Å². The summed E-state index contributed by atoms with van der Waals surface area (Å²) >= 11 is 0. The second kappa shape index (κ2) is 9.53. The fraction of sp³-hybridized carbons (Fsp3) is 0.222.